The van der Waals surface area contributed by atoms with Crippen LogP contribution in [0.3, 0.4) is 0 Å². The number of nitrogens with one attached hydrogen (secondary N) is 1. The molecule has 1 aromatic rings. The van der Waals surface area contributed by atoms with E-state index in [2.05, 4.69) is 31.3 Å². The molecule has 0 aromatic heterocycles. The molecule has 2 nitrogen and oxygen atoms in total. The van der Waals surface area contributed by atoms with Crippen molar-refractivity contribution in [3.8, 4) is 5.75 Å². The number of ether oxygens (including phenoxy) is 1. The molecule has 1 aliphatic heterocycles. The molecule has 104 valence electrons. The highest BCUT2D eigenvalue weighted by Crippen LogP contribution is 2.33. The average Bonchev–Trinajstić information content (AvgIpc) is 3.09. The second-order valence-corrected chi connectivity index (χ2v) is 6.25. The number of benzene rings is 1. The molecule has 0 spiro atoms. The quantitative estimate of drug-likeness (QED) is 0.875. The van der Waals surface area contributed by atoms with Gasteiger partial charge in [-0.1, -0.05) is 12.1 Å². The summed E-state index contributed by atoms with van der Waals surface area (Å²) in [5, 5.41) is 3.59. The zero-order valence-electron chi connectivity index (χ0n) is 12.2. The molecule has 2 fully saturated rings. The number of hydrogen-bond donors (Lipinski definition) is 1. The van der Waals surface area contributed by atoms with Crippen LogP contribution < -0.4 is 10.1 Å². The third kappa shape index (κ3) is 3.11. The molecule has 1 aromatic carbocycles. The Bertz CT molecular complexity index is 445. The van der Waals surface area contributed by atoms with E-state index in [9.17, 15) is 0 Å². The van der Waals surface area contributed by atoms with Crippen molar-refractivity contribution in [2.24, 2.45) is 5.92 Å². The highest BCUT2D eigenvalue weighted by Gasteiger charge is 2.24. The van der Waals surface area contributed by atoms with Crippen molar-refractivity contribution in [3.63, 3.8) is 0 Å². The second kappa shape index (κ2) is 5.54. The topological polar surface area (TPSA) is 21.3 Å². The van der Waals surface area contributed by atoms with E-state index in [0.29, 0.717) is 6.04 Å². The molecule has 0 radical (unpaired) electrons. The van der Waals surface area contributed by atoms with Crippen LogP contribution in [0.1, 0.15) is 42.4 Å². The standard InChI is InChI=1S/C17H25NO/c1-12-5-8-15(10-16-4-3-9-18-16)17(13(12)2)19-11-14-6-7-14/h5,8,14,16,18H,3-4,6-7,9-11H2,1-2H3. The fraction of sp³-hybridized carbons (Fsp3) is 0.647. The van der Waals surface area contributed by atoms with Gasteiger partial charge in [-0.3, -0.25) is 0 Å². The van der Waals surface area contributed by atoms with E-state index in [4.69, 9.17) is 4.74 Å². The van der Waals surface area contributed by atoms with Crippen LogP contribution in [-0.4, -0.2) is 19.2 Å². The van der Waals surface area contributed by atoms with Crippen molar-refractivity contribution in [2.75, 3.05) is 13.2 Å². The average molecular weight is 259 g/mol. The first-order valence-electron chi connectivity index (χ1n) is 7.69. The Morgan fingerprint density at radius 1 is 1.21 bits per heavy atom. The van der Waals surface area contributed by atoms with Gasteiger partial charge in [0, 0.05) is 6.04 Å². The number of rotatable bonds is 5. The summed E-state index contributed by atoms with van der Waals surface area (Å²) in [6.07, 6.45) is 6.43. The maximum atomic E-state index is 6.16. The summed E-state index contributed by atoms with van der Waals surface area (Å²) in [4.78, 5) is 0. The minimum Gasteiger partial charge on any atom is -0.493 e. The van der Waals surface area contributed by atoms with E-state index < -0.39 is 0 Å². The van der Waals surface area contributed by atoms with Crippen molar-refractivity contribution in [2.45, 2.75) is 52.0 Å². The largest absolute Gasteiger partial charge is 0.493 e. The summed E-state index contributed by atoms with van der Waals surface area (Å²) in [6, 6.07) is 5.15. The van der Waals surface area contributed by atoms with E-state index >= 15 is 0 Å². The molecule has 1 unspecified atom stereocenters. The molecular weight excluding hydrogens is 234 g/mol. The van der Waals surface area contributed by atoms with Gasteiger partial charge in [-0.2, -0.15) is 0 Å². The Kier molecular flexibility index (Phi) is 3.79. The molecule has 2 aliphatic rings. The first-order valence-corrected chi connectivity index (χ1v) is 7.69. The minimum absolute atomic E-state index is 0.644. The van der Waals surface area contributed by atoms with Gasteiger partial charge in [0.05, 0.1) is 6.61 Å². The van der Waals surface area contributed by atoms with Gasteiger partial charge in [0.2, 0.25) is 0 Å². The van der Waals surface area contributed by atoms with E-state index in [1.807, 2.05) is 0 Å². The van der Waals surface area contributed by atoms with E-state index in [0.717, 1.165) is 18.9 Å². The van der Waals surface area contributed by atoms with Crippen LogP contribution in [0.25, 0.3) is 0 Å². The lowest BCUT2D eigenvalue weighted by Crippen LogP contribution is -2.24. The Hall–Kier alpha value is -1.02. The Morgan fingerprint density at radius 3 is 2.74 bits per heavy atom. The Morgan fingerprint density at radius 2 is 2.05 bits per heavy atom. The molecule has 1 saturated heterocycles. The first-order chi connectivity index (χ1) is 9.24. The molecule has 1 saturated carbocycles. The zero-order valence-corrected chi connectivity index (χ0v) is 12.2. The van der Waals surface area contributed by atoms with Crippen LogP contribution in [0.4, 0.5) is 0 Å². The third-order valence-corrected chi connectivity index (χ3v) is 4.55. The lowest BCUT2D eigenvalue weighted by molar-refractivity contribution is 0.293. The van der Waals surface area contributed by atoms with Crippen molar-refractivity contribution >= 4 is 0 Å². The summed E-state index contributed by atoms with van der Waals surface area (Å²) in [7, 11) is 0. The van der Waals surface area contributed by atoms with Gasteiger partial charge < -0.3 is 10.1 Å². The lowest BCUT2D eigenvalue weighted by atomic mass is 9.98. The highest BCUT2D eigenvalue weighted by molar-refractivity contribution is 5.45. The first kappa shape index (κ1) is 13.0. The van der Waals surface area contributed by atoms with Crippen molar-refractivity contribution in [3.05, 3.63) is 28.8 Å². The molecule has 1 N–H and O–H groups in total. The molecule has 0 bridgehead atoms. The summed E-state index contributed by atoms with van der Waals surface area (Å²) in [6.45, 7) is 6.46. The summed E-state index contributed by atoms with van der Waals surface area (Å²) in [5.74, 6) is 1.98. The molecule has 0 amide bonds. The van der Waals surface area contributed by atoms with E-state index in [1.54, 1.807) is 0 Å². The van der Waals surface area contributed by atoms with E-state index in [-0.39, 0.29) is 0 Å². The van der Waals surface area contributed by atoms with Gasteiger partial charge in [0.15, 0.2) is 0 Å². The molecule has 1 atom stereocenters. The zero-order chi connectivity index (χ0) is 13.2. The van der Waals surface area contributed by atoms with Gasteiger partial charge in [-0.25, -0.2) is 0 Å². The molecule has 2 heteroatoms. The normalized spacial score (nSPS) is 22.7. The van der Waals surface area contributed by atoms with Crippen molar-refractivity contribution in [1.82, 2.24) is 5.32 Å². The van der Waals surface area contributed by atoms with Gasteiger partial charge in [0.25, 0.3) is 0 Å². The van der Waals surface area contributed by atoms with Crippen molar-refractivity contribution in [1.29, 1.82) is 0 Å². The van der Waals surface area contributed by atoms with Gasteiger partial charge >= 0.3 is 0 Å². The van der Waals surface area contributed by atoms with Crippen LogP contribution in [-0.2, 0) is 6.42 Å². The maximum Gasteiger partial charge on any atom is 0.125 e. The van der Waals surface area contributed by atoms with Gasteiger partial charge in [-0.05, 0) is 75.1 Å². The van der Waals surface area contributed by atoms with Gasteiger partial charge in [-0.15, -0.1) is 0 Å². The summed E-state index contributed by atoms with van der Waals surface area (Å²) >= 11 is 0. The minimum atomic E-state index is 0.644. The van der Waals surface area contributed by atoms with Crippen LogP contribution >= 0.6 is 0 Å². The predicted octanol–water partition coefficient (Wildman–Crippen LogP) is 3.39. The lowest BCUT2D eigenvalue weighted by Gasteiger charge is -2.18. The van der Waals surface area contributed by atoms with Gasteiger partial charge in [0.1, 0.15) is 5.75 Å². The van der Waals surface area contributed by atoms with E-state index in [1.165, 1.54) is 54.7 Å². The van der Waals surface area contributed by atoms with Crippen LogP contribution in [0.5, 0.6) is 5.75 Å². The maximum absolute atomic E-state index is 6.16. The second-order valence-electron chi connectivity index (χ2n) is 6.25. The fourth-order valence-electron chi connectivity index (χ4n) is 2.89. The van der Waals surface area contributed by atoms with Crippen LogP contribution in [0.2, 0.25) is 0 Å². The SMILES string of the molecule is Cc1ccc(CC2CCCN2)c(OCC2CC2)c1C. The predicted molar refractivity (Wildman–Crippen MR) is 78.9 cm³/mol. The molecule has 1 heterocycles. The number of hydrogen-bond acceptors (Lipinski definition) is 2. The van der Waals surface area contributed by atoms with Crippen molar-refractivity contribution < 1.29 is 4.74 Å². The summed E-state index contributed by atoms with van der Waals surface area (Å²) < 4.78 is 6.16. The van der Waals surface area contributed by atoms with Crippen LogP contribution in [0.15, 0.2) is 12.1 Å². The van der Waals surface area contributed by atoms with Crippen LogP contribution in [0, 0.1) is 19.8 Å². The molecular formula is C17H25NO. The molecule has 1 aliphatic carbocycles. The smallest absolute Gasteiger partial charge is 0.125 e. The monoisotopic (exact) mass is 259 g/mol. The third-order valence-electron chi connectivity index (χ3n) is 4.55. The molecule has 19 heavy (non-hydrogen) atoms. The Labute approximate surface area is 116 Å². The number of aryl methyl sites for hydroxylation is 1. The fourth-order valence-corrected chi connectivity index (χ4v) is 2.89. The highest BCUT2D eigenvalue weighted by atomic mass is 16.5. The Balaban J connectivity index is 1.77. The molecule has 3 rings (SSSR count). The summed E-state index contributed by atoms with van der Waals surface area (Å²) in [5.41, 5.74) is 4.06.